The number of halogens is 1. The number of ketones is 1. The Labute approximate surface area is 158 Å². The van der Waals surface area contributed by atoms with Crippen molar-refractivity contribution in [2.75, 3.05) is 7.11 Å². The number of benzene rings is 2. The number of methoxy groups -OCH3 is 1. The fourth-order valence-electron chi connectivity index (χ4n) is 2.82. The highest BCUT2D eigenvalue weighted by atomic mass is 35.5. The van der Waals surface area contributed by atoms with Crippen LogP contribution in [0.3, 0.4) is 0 Å². The van der Waals surface area contributed by atoms with Crippen LogP contribution in [0, 0.1) is 6.92 Å². The van der Waals surface area contributed by atoms with Crippen molar-refractivity contribution < 1.29 is 14.6 Å². The van der Waals surface area contributed by atoms with Crippen molar-refractivity contribution in [2.24, 2.45) is 0 Å². The van der Waals surface area contributed by atoms with Gasteiger partial charge in [-0.25, -0.2) is 0 Å². The van der Waals surface area contributed by atoms with Crippen LogP contribution in [-0.4, -0.2) is 23.0 Å². The SMILES string of the molecule is COc1ccc(/C=C(\C)C(=O)c2cc(C)nc3ccccc23)cc1O.Cl. The Morgan fingerprint density at radius 1 is 1.15 bits per heavy atom. The number of Topliss-reactive ketones (excluding diaryl/α,β-unsaturated/α-hetero) is 1. The number of hydrogen-bond donors (Lipinski definition) is 1. The summed E-state index contributed by atoms with van der Waals surface area (Å²) in [6.07, 6.45) is 1.76. The Morgan fingerprint density at radius 3 is 2.58 bits per heavy atom. The van der Waals surface area contributed by atoms with Gasteiger partial charge in [0.25, 0.3) is 0 Å². The number of ether oxygens (including phenoxy) is 1. The van der Waals surface area contributed by atoms with Gasteiger partial charge in [0.2, 0.25) is 0 Å². The van der Waals surface area contributed by atoms with Crippen LogP contribution in [0.4, 0.5) is 0 Å². The smallest absolute Gasteiger partial charge is 0.189 e. The Kier molecular flexibility index (Phi) is 6.01. The van der Waals surface area contributed by atoms with Crippen LogP contribution in [-0.2, 0) is 0 Å². The first-order chi connectivity index (χ1) is 12.0. The molecular formula is C21H20ClNO3. The maximum absolute atomic E-state index is 12.9. The summed E-state index contributed by atoms with van der Waals surface area (Å²) in [5.41, 5.74) is 3.56. The van der Waals surface area contributed by atoms with Crippen LogP contribution < -0.4 is 4.74 Å². The van der Waals surface area contributed by atoms with Crippen LogP contribution in [0.2, 0.25) is 0 Å². The minimum absolute atomic E-state index is 0. The third-order valence-electron chi connectivity index (χ3n) is 4.03. The molecule has 1 aromatic heterocycles. The summed E-state index contributed by atoms with van der Waals surface area (Å²) in [7, 11) is 1.50. The highest BCUT2D eigenvalue weighted by molar-refractivity contribution is 6.17. The van der Waals surface area contributed by atoms with Crippen molar-refractivity contribution in [1.29, 1.82) is 0 Å². The summed E-state index contributed by atoms with van der Waals surface area (Å²) in [5, 5.41) is 10.7. The monoisotopic (exact) mass is 369 g/mol. The van der Waals surface area contributed by atoms with Crippen molar-refractivity contribution >= 4 is 35.2 Å². The van der Waals surface area contributed by atoms with Gasteiger partial charge in [0.05, 0.1) is 12.6 Å². The van der Waals surface area contributed by atoms with Gasteiger partial charge in [-0.2, -0.15) is 0 Å². The van der Waals surface area contributed by atoms with E-state index in [2.05, 4.69) is 4.98 Å². The van der Waals surface area contributed by atoms with E-state index >= 15 is 0 Å². The summed E-state index contributed by atoms with van der Waals surface area (Å²) in [6.45, 7) is 3.65. The molecular weight excluding hydrogens is 350 g/mol. The number of phenolic OH excluding ortho intramolecular Hbond substituents is 1. The van der Waals surface area contributed by atoms with Crippen molar-refractivity contribution in [3.63, 3.8) is 0 Å². The first kappa shape index (κ1) is 19.5. The van der Waals surface area contributed by atoms with Crippen molar-refractivity contribution in [1.82, 2.24) is 4.98 Å². The topological polar surface area (TPSA) is 59.4 Å². The molecule has 0 saturated carbocycles. The molecule has 0 bridgehead atoms. The number of carbonyl (C=O) groups is 1. The number of para-hydroxylation sites is 1. The molecule has 0 aliphatic heterocycles. The van der Waals surface area contributed by atoms with E-state index in [9.17, 15) is 9.90 Å². The average molecular weight is 370 g/mol. The van der Waals surface area contributed by atoms with Gasteiger partial charge in [0, 0.05) is 16.6 Å². The predicted octanol–water partition coefficient (Wildman–Crippen LogP) is 4.97. The van der Waals surface area contributed by atoms with Crippen LogP contribution in [0.15, 0.2) is 54.1 Å². The van der Waals surface area contributed by atoms with E-state index in [0.717, 1.165) is 22.2 Å². The standard InChI is InChI=1S/C21H19NO3.ClH/c1-13(10-15-8-9-20(25-3)19(23)12-15)21(24)17-11-14(2)22-18-7-5-4-6-16(17)18;/h4-12,23H,1-3H3;1H/b13-10+;. The van der Waals surface area contributed by atoms with Gasteiger partial charge < -0.3 is 9.84 Å². The van der Waals surface area contributed by atoms with Gasteiger partial charge in [-0.3, -0.25) is 9.78 Å². The van der Waals surface area contributed by atoms with Gasteiger partial charge >= 0.3 is 0 Å². The Morgan fingerprint density at radius 2 is 1.88 bits per heavy atom. The zero-order chi connectivity index (χ0) is 18.0. The van der Waals surface area contributed by atoms with Gasteiger partial charge in [0.15, 0.2) is 17.3 Å². The third-order valence-corrected chi connectivity index (χ3v) is 4.03. The second kappa shape index (κ2) is 8.02. The van der Waals surface area contributed by atoms with Gasteiger partial charge in [-0.05, 0) is 55.3 Å². The molecule has 0 amide bonds. The predicted molar refractivity (Wildman–Crippen MR) is 106 cm³/mol. The average Bonchev–Trinajstić information content (AvgIpc) is 2.60. The number of rotatable bonds is 4. The normalized spacial score (nSPS) is 11.1. The lowest BCUT2D eigenvalue weighted by Crippen LogP contribution is -2.03. The van der Waals surface area contributed by atoms with Crippen LogP contribution in [0.5, 0.6) is 11.5 Å². The number of phenols is 1. The maximum atomic E-state index is 12.9. The Hall–Kier alpha value is -2.85. The Balaban J connectivity index is 0.00000243. The van der Waals surface area contributed by atoms with Gasteiger partial charge in [-0.1, -0.05) is 24.3 Å². The number of pyridine rings is 1. The molecule has 26 heavy (non-hydrogen) atoms. The lowest BCUT2D eigenvalue weighted by molar-refractivity contribution is 0.103. The fourth-order valence-corrected chi connectivity index (χ4v) is 2.82. The fraction of sp³-hybridized carbons (Fsp3) is 0.143. The second-order valence-corrected chi connectivity index (χ2v) is 5.92. The molecule has 3 aromatic rings. The highest BCUT2D eigenvalue weighted by Gasteiger charge is 2.14. The van der Waals surface area contributed by atoms with Crippen molar-refractivity contribution in [2.45, 2.75) is 13.8 Å². The molecule has 3 rings (SSSR count). The molecule has 0 spiro atoms. The number of aromatic hydroxyl groups is 1. The number of hydrogen-bond acceptors (Lipinski definition) is 4. The molecule has 0 radical (unpaired) electrons. The van der Waals surface area contributed by atoms with Crippen molar-refractivity contribution in [3.8, 4) is 11.5 Å². The number of fused-ring (bicyclic) bond motifs is 1. The summed E-state index contributed by atoms with van der Waals surface area (Å²) in [5.74, 6) is 0.385. The molecule has 0 fully saturated rings. The first-order valence-corrected chi connectivity index (χ1v) is 7.96. The van der Waals surface area contributed by atoms with E-state index < -0.39 is 0 Å². The number of aryl methyl sites for hydroxylation is 1. The highest BCUT2D eigenvalue weighted by Crippen LogP contribution is 2.28. The molecule has 1 N–H and O–H groups in total. The van der Waals surface area contributed by atoms with Gasteiger partial charge in [0.1, 0.15) is 0 Å². The summed E-state index contributed by atoms with van der Waals surface area (Å²) < 4.78 is 5.04. The number of allylic oxidation sites excluding steroid dienone is 1. The van der Waals surface area contributed by atoms with E-state index in [1.807, 2.05) is 37.3 Å². The minimum atomic E-state index is -0.0583. The maximum Gasteiger partial charge on any atom is 0.189 e. The van der Waals surface area contributed by atoms with E-state index in [1.165, 1.54) is 7.11 Å². The quantitative estimate of drug-likeness (QED) is 0.521. The zero-order valence-electron chi connectivity index (χ0n) is 14.8. The second-order valence-electron chi connectivity index (χ2n) is 5.92. The van der Waals surface area contributed by atoms with E-state index in [-0.39, 0.29) is 23.9 Å². The molecule has 1 heterocycles. The third kappa shape index (κ3) is 3.86. The summed E-state index contributed by atoms with van der Waals surface area (Å²) in [4.78, 5) is 17.4. The number of carbonyl (C=O) groups excluding carboxylic acids is 1. The lowest BCUT2D eigenvalue weighted by atomic mass is 9.98. The zero-order valence-corrected chi connectivity index (χ0v) is 15.6. The van der Waals surface area contributed by atoms with E-state index in [4.69, 9.17) is 4.74 Å². The molecule has 0 atom stereocenters. The van der Waals surface area contributed by atoms with Crippen molar-refractivity contribution in [3.05, 3.63) is 70.9 Å². The van der Waals surface area contributed by atoms with E-state index in [0.29, 0.717) is 16.9 Å². The minimum Gasteiger partial charge on any atom is -0.504 e. The van der Waals surface area contributed by atoms with Crippen LogP contribution in [0.25, 0.3) is 17.0 Å². The first-order valence-electron chi connectivity index (χ1n) is 7.96. The molecule has 0 aliphatic carbocycles. The Bertz CT molecular complexity index is 996. The summed E-state index contributed by atoms with van der Waals surface area (Å²) in [6, 6.07) is 14.5. The van der Waals surface area contributed by atoms with Gasteiger partial charge in [-0.15, -0.1) is 12.4 Å². The largest absolute Gasteiger partial charge is 0.504 e. The molecule has 4 nitrogen and oxygen atoms in total. The lowest BCUT2D eigenvalue weighted by Gasteiger charge is -2.08. The molecule has 2 aromatic carbocycles. The number of nitrogens with zero attached hydrogens (tertiary/aromatic N) is 1. The molecule has 134 valence electrons. The van der Waals surface area contributed by atoms with Crippen LogP contribution >= 0.6 is 12.4 Å². The molecule has 5 heteroatoms. The molecule has 0 unspecified atom stereocenters. The van der Waals surface area contributed by atoms with Crippen LogP contribution in [0.1, 0.15) is 28.5 Å². The van der Waals surface area contributed by atoms with E-state index in [1.54, 1.807) is 31.2 Å². The molecule has 0 aliphatic rings. The number of aromatic nitrogens is 1. The molecule has 0 saturated heterocycles. The summed E-state index contributed by atoms with van der Waals surface area (Å²) >= 11 is 0.